The summed E-state index contributed by atoms with van der Waals surface area (Å²) in [5, 5.41) is 0. The molecule has 0 spiro atoms. The molecule has 2 nitrogen and oxygen atoms in total. The Morgan fingerprint density at radius 2 is 1.86 bits per heavy atom. The Hall–Kier alpha value is -1.59. The quantitative estimate of drug-likeness (QED) is 0.702. The largest absolute Gasteiger partial charge is 0.417 e. The summed E-state index contributed by atoms with van der Waals surface area (Å²) in [4.78, 5) is 10.6. The van der Waals surface area contributed by atoms with Gasteiger partial charge < -0.3 is 5.73 Å². The van der Waals surface area contributed by atoms with Crippen LogP contribution >= 0.6 is 0 Å². The van der Waals surface area contributed by atoms with E-state index in [0.29, 0.717) is 6.07 Å². The third-order valence-electron chi connectivity index (χ3n) is 1.55. The molecule has 14 heavy (non-hydrogen) atoms. The summed E-state index contributed by atoms with van der Waals surface area (Å²) >= 11 is 0. The number of benzene rings is 1. The number of primary amides is 1. The van der Waals surface area contributed by atoms with Gasteiger partial charge in [-0.05, 0) is 18.2 Å². The molecule has 0 aliphatic rings. The van der Waals surface area contributed by atoms with Gasteiger partial charge in [-0.2, -0.15) is 13.2 Å². The van der Waals surface area contributed by atoms with Crippen molar-refractivity contribution in [1.29, 1.82) is 0 Å². The highest BCUT2D eigenvalue weighted by molar-refractivity contribution is 5.94. The standard InChI is InChI=1S/C8H5F4NO/c9-4-1-2-5(7(13)14)6(3-4)8(10,11)12/h1-3H,(H2,13,14). The van der Waals surface area contributed by atoms with Gasteiger partial charge in [0.2, 0.25) is 5.91 Å². The summed E-state index contributed by atoms with van der Waals surface area (Å²) in [6.07, 6.45) is -4.79. The molecule has 1 aromatic carbocycles. The Balaban J connectivity index is 3.38. The highest BCUT2D eigenvalue weighted by Gasteiger charge is 2.35. The highest BCUT2D eigenvalue weighted by Crippen LogP contribution is 2.32. The zero-order valence-corrected chi connectivity index (χ0v) is 6.73. The van der Waals surface area contributed by atoms with E-state index in [0.717, 1.165) is 6.07 Å². The number of halogens is 4. The van der Waals surface area contributed by atoms with Gasteiger partial charge in [-0.1, -0.05) is 0 Å². The molecule has 0 unspecified atom stereocenters. The van der Waals surface area contributed by atoms with Crippen molar-refractivity contribution in [2.75, 3.05) is 0 Å². The summed E-state index contributed by atoms with van der Waals surface area (Å²) < 4.78 is 49.1. The van der Waals surface area contributed by atoms with E-state index in [1.54, 1.807) is 0 Å². The van der Waals surface area contributed by atoms with Gasteiger partial charge in [-0.25, -0.2) is 4.39 Å². The monoisotopic (exact) mass is 207 g/mol. The molecule has 0 saturated heterocycles. The van der Waals surface area contributed by atoms with Crippen LogP contribution in [0.1, 0.15) is 15.9 Å². The molecule has 0 bridgehead atoms. The second-order valence-electron chi connectivity index (χ2n) is 2.55. The van der Waals surface area contributed by atoms with E-state index in [-0.39, 0.29) is 6.07 Å². The lowest BCUT2D eigenvalue weighted by Gasteiger charge is -2.09. The van der Waals surface area contributed by atoms with Crippen LogP contribution in [0.2, 0.25) is 0 Å². The molecule has 0 saturated carbocycles. The Bertz CT molecular complexity index is 372. The predicted octanol–water partition coefficient (Wildman–Crippen LogP) is 1.94. The molecule has 2 N–H and O–H groups in total. The lowest BCUT2D eigenvalue weighted by molar-refractivity contribution is -0.138. The Morgan fingerprint density at radius 3 is 2.29 bits per heavy atom. The highest BCUT2D eigenvalue weighted by atomic mass is 19.4. The fraction of sp³-hybridized carbons (Fsp3) is 0.125. The first-order valence-electron chi connectivity index (χ1n) is 3.49. The average molecular weight is 207 g/mol. The van der Waals surface area contributed by atoms with Gasteiger partial charge in [-0.3, -0.25) is 4.79 Å². The third-order valence-corrected chi connectivity index (χ3v) is 1.55. The van der Waals surface area contributed by atoms with Crippen molar-refractivity contribution in [1.82, 2.24) is 0 Å². The van der Waals surface area contributed by atoms with E-state index in [2.05, 4.69) is 0 Å². The smallest absolute Gasteiger partial charge is 0.366 e. The molecule has 0 aliphatic heterocycles. The van der Waals surface area contributed by atoms with Crippen LogP contribution < -0.4 is 5.73 Å². The molecule has 1 amide bonds. The summed E-state index contributed by atoms with van der Waals surface area (Å²) in [6.45, 7) is 0. The molecule has 0 radical (unpaired) electrons. The van der Waals surface area contributed by atoms with Crippen molar-refractivity contribution < 1.29 is 22.4 Å². The minimum atomic E-state index is -4.79. The van der Waals surface area contributed by atoms with Gasteiger partial charge in [-0.15, -0.1) is 0 Å². The first-order valence-corrected chi connectivity index (χ1v) is 3.49. The number of hydrogen-bond donors (Lipinski definition) is 1. The molecule has 0 heterocycles. The van der Waals surface area contributed by atoms with Crippen LogP contribution in [0, 0.1) is 5.82 Å². The normalized spacial score (nSPS) is 11.4. The van der Waals surface area contributed by atoms with Gasteiger partial charge >= 0.3 is 6.18 Å². The molecular formula is C8H5F4NO. The topological polar surface area (TPSA) is 43.1 Å². The van der Waals surface area contributed by atoms with Crippen molar-refractivity contribution in [3.8, 4) is 0 Å². The van der Waals surface area contributed by atoms with Gasteiger partial charge in [0.15, 0.2) is 0 Å². The zero-order chi connectivity index (χ0) is 10.9. The van der Waals surface area contributed by atoms with E-state index < -0.39 is 29.0 Å². The van der Waals surface area contributed by atoms with Crippen LogP contribution in [-0.2, 0) is 6.18 Å². The van der Waals surface area contributed by atoms with E-state index in [4.69, 9.17) is 5.73 Å². The molecule has 76 valence electrons. The summed E-state index contributed by atoms with van der Waals surface area (Å²) in [5.41, 5.74) is 2.61. The maximum atomic E-state index is 12.5. The lowest BCUT2D eigenvalue weighted by Crippen LogP contribution is -2.18. The lowest BCUT2D eigenvalue weighted by atomic mass is 10.1. The van der Waals surface area contributed by atoms with E-state index in [9.17, 15) is 22.4 Å². The third kappa shape index (κ3) is 2.01. The number of hydrogen-bond acceptors (Lipinski definition) is 1. The van der Waals surface area contributed by atoms with Crippen molar-refractivity contribution >= 4 is 5.91 Å². The summed E-state index contributed by atoms with van der Waals surface area (Å²) in [6, 6.07) is 1.69. The number of nitrogens with two attached hydrogens (primary N) is 1. The fourth-order valence-electron chi connectivity index (χ4n) is 0.966. The number of alkyl halides is 3. The second kappa shape index (κ2) is 3.28. The molecular weight excluding hydrogens is 202 g/mol. The first-order chi connectivity index (χ1) is 6.32. The van der Waals surface area contributed by atoms with E-state index in [1.165, 1.54) is 0 Å². The van der Waals surface area contributed by atoms with E-state index >= 15 is 0 Å². The second-order valence-corrected chi connectivity index (χ2v) is 2.55. The van der Waals surface area contributed by atoms with Gasteiger partial charge in [0, 0.05) is 0 Å². The van der Waals surface area contributed by atoms with Gasteiger partial charge in [0.05, 0.1) is 11.1 Å². The Kier molecular flexibility index (Phi) is 2.46. The van der Waals surface area contributed by atoms with Crippen molar-refractivity contribution in [3.05, 3.63) is 35.1 Å². The first kappa shape index (κ1) is 10.5. The maximum absolute atomic E-state index is 12.5. The minimum Gasteiger partial charge on any atom is -0.366 e. The Morgan fingerprint density at radius 1 is 1.29 bits per heavy atom. The molecule has 0 fully saturated rings. The van der Waals surface area contributed by atoms with Crippen molar-refractivity contribution in [2.45, 2.75) is 6.18 Å². The molecule has 1 rings (SSSR count). The van der Waals surface area contributed by atoms with E-state index in [1.807, 2.05) is 0 Å². The van der Waals surface area contributed by atoms with Gasteiger partial charge in [0.25, 0.3) is 0 Å². The average Bonchev–Trinajstić information content (AvgIpc) is 2.01. The van der Waals surface area contributed by atoms with Gasteiger partial charge in [0.1, 0.15) is 5.82 Å². The van der Waals surface area contributed by atoms with Crippen LogP contribution in [0.4, 0.5) is 17.6 Å². The van der Waals surface area contributed by atoms with Crippen LogP contribution in [-0.4, -0.2) is 5.91 Å². The minimum absolute atomic E-state index is 0.236. The number of rotatable bonds is 1. The zero-order valence-electron chi connectivity index (χ0n) is 6.73. The molecule has 6 heteroatoms. The molecule has 0 aromatic heterocycles. The summed E-state index contributed by atoms with van der Waals surface area (Å²) in [7, 11) is 0. The van der Waals surface area contributed by atoms with Crippen molar-refractivity contribution in [3.63, 3.8) is 0 Å². The fourth-order valence-corrected chi connectivity index (χ4v) is 0.966. The SMILES string of the molecule is NC(=O)c1ccc(F)cc1C(F)(F)F. The van der Waals surface area contributed by atoms with Crippen LogP contribution in [0.15, 0.2) is 18.2 Å². The summed E-state index contributed by atoms with van der Waals surface area (Å²) in [5.74, 6) is -2.31. The van der Waals surface area contributed by atoms with Crippen LogP contribution in [0.25, 0.3) is 0 Å². The van der Waals surface area contributed by atoms with Crippen molar-refractivity contribution in [2.24, 2.45) is 5.73 Å². The number of carbonyl (C=O) groups is 1. The van der Waals surface area contributed by atoms with Crippen LogP contribution in [0.3, 0.4) is 0 Å². The number of carbonyl (C=O) groups excluding carboxylic acids is 1. The number of amides is 1. The maximum Gasteiger partial charge on any atom is 0.417 e. The molecule has 0 atom stereocenters. The van der Waals surface area contributed by atoms with Crippen LogP contribution in [0.5, 0.6) is 0 Å². The predicted molar refractivity (Wildman–Crippen MR) is 39.9 cm³/mol. The Labute approximate surface area is 76.3 Å². The molecule has 0 aliphatic carbocycles. The molecule has 1 aromatic rings.